The number of amides is 3. The largest absolute Gasteiger partial charge is 0.379 e. The standard InChI is InChI=1S/C36H60N2O15/c1-37-34(39)6-8-42-10-12-44-14-16-46-18-20-48-22-24-50-26-28-52-30-31-53-29-27-51-25-23-49-21-19-47-17-15-45-13-11-43-9-7-38-35(40)32-4-2-3-5-33(32)36(38)41/h2-5H,6-31H2,1H3,(H,37,39). The molecule has 53 heavy (non-hydrogen) atoms. The van der Waals surface area contributed by atoms with E-state index in [1.165, 1.54) is 4.90 Å². The first kappa shape index (κ1) is 46.5. The Morgan fingerprint density at radius 2 is 0.679 bits per heavy atom. The Labute approximate surface area is 313 Å². The number of imide groups is 1. The molecule has 0 saturated carbocycles. The molecule has 0 bridgehead atoms. The Morgan fingerprint density at radius 3 is 0.943 bits per heavy atom. The maximum Gasteiger partial charge on any atom is 0.261 e. The molecular weight excluding hydrogens is 700 g/mol. The summed E-state index contributed by atoms with van der Waals surface area (Å²) in [5.41, 5.74) is 0.877. The molecule has 0 aromatic heterocycles. The molecule has 304 valence electrons. The van der Waals surface area contributed by atoms with Crippen LogP contribution in [0.4, 0.5) is 0 Å². The lowest BCUT2D eigenvalue weighted by Crippen LogP contribution is -2.33. The quantitative estimate of drug-likeness (QED) is 0.0729. The van der Waals surface area contributed by atoms with Crippen molar-refractivity contribution in [1.82, 2.24) is 10.2 Å². The highest BCUT2D eigenvalue weighted by atomic mass is 16.6. The Balaban J connectivity index is 1.16. The van der Waals surface area contributed by atoms with E-state index in [1.54, 1.807) is 31.3 Å². The number of rotatable bonds is 39. The van der Waals surface area contributed by atoms with Gasteiger partial charge in [0.05, 0.1) is 176 Å². The van der Waals surface area contributed by atoms with Crippen LogP contribution < -0.4 is 5.32 Å². The topological polar surface area (TPSA) is 177 Å². The van der Waals surface area contributed by atoms with Gasteiger partial charge in [0, 0.05) is 13.5 Å². The van der Waals surface area contributed by atoms with Crippen molar-refractivity contribution in [2.45, 2.75) is 6.42 Å². The third kappa shape index (κ3) is 24.4. The van der Waals surface area contributed by atoms with E-state index in [4.69, 9.17) is 56.8 Å². The van der Waals surface area contributed by atoms with Crippen LogP contribution in [0.25, 0.3) is 0 Å². The molecule has 0 radical (unpaired) electrons. The van der Waals surface area contributed by atoms with E-state index in [1.807, 2.05) is 0 Å². The number of nitrogens with zero attached hydrogens (tertiary/aromatic N) is 1. The summed E-state index contributed by atoms with van der Waals surface area (Å²) in [6.07, 6.45) is 0.349. The molecule has 0 saturated heterocycles. The highest BCUT2D eigenvalue weighted by Gasteiger charge is 2.34. The fourth-order valence-electron chi connectivity index (χ4n) is 4.41. The maximum atomic E-state index is 12.3. The third-order valence-corrected chi connectivity index (χ3v) is 7.18. The van der Waals surface area contributed by atoms with Crippen LogP contribution in [0.2, 0.25) is 0 Å². The second kappa shape index (κ2) is 33.9. The van der Waals surface area contributed by atoms with Gasteiger partial charge in [0.15, 0.2) is 0 Å². The molecule has 1 N–H and O–H groups in total. The van der Waals surface area contributed by atoms with Crippen molar-refractivity contribution in [3.8, 4) is 0 Å². The zero-order valence-corrected chi connectivity index (χ0v) is 31.3. The summed E-state index contributed by atoms with van der Waals surface area (Å²) in [4.78, 5) is 36.9. The van der Waals surface area contributed by atoms with Crippen LogP contribution in [0.3, 0.4) is 0 Å². The van der Waals surface area contributed by atoms with E-state index in [9.17, 15) is 14.4 Å². The Hall–Kier alpha value is -2.65. The molecule has 2 rings (SSSR count). The SMILES string of the molecule is CNC(=O)CCOCCOCCOCCOCCOCCOCCOCCOCCOCCOCCOCCOCCN1C(=O)c2ccccc2C1=O. The van der Waals surface area contributed by atoms with E-state index < -0.39 is 0 Å². The molecule has 1 aromatic rings. The highest BCUT2D eigenvalue weighted by molar-refractivity contribution is 6.21. The summed E-state index contributed by atoms with van der Waals surface area (Å²) in [7, 11) is 1.60. The molecule has 0 spiro atoms. The van der Waals surface area contributed by atoms with E-state index >= 15 is 0 Å². The molecule has 1 aromatic carbocycles. The number of benzene rings is 1. The minimum absolute atomic E-state index is 0.0419. The molecule has 0 atom stereocenters. The van der Waals surface area contributed by atoms with Gasteiger partial charge in [-0.25, -0.2) is 0 Å². The minimum atomic E-state index is -0.281. The highest BCUT2D eigenvalue weighted by Crippen LogP contribution is 2.21. The summed E-state index contributed by atoms with van der Waals surface area (Å²) < 4.78 is 65.4. The Kier molecular flexibility index (Phi) is 29.7. The maximum absolute atomic E-state index is 12.3. The van der Waals surface area contributed by atoms with Crippen molar-refractivity contribution < 1.29 is 71.2 Å². The Morgan fingerprint density at radius 1 is 0.434 bits per heavy atom. The average molecular weight is 761 g/mol. The number of hydrogen-bond donors (Lipinski definition) is 1. The van der Waals surface area contributed by atoms with Crippen molar-refractivity contribution in [2.75, 3.05) is 172 Å². The summed E-state index contributed by atoms with van der Waals surface area (Å²) in [6.45, 7) is 11.0. The molecule has 17 nitrogen and oxygen atoms in total. The molecule has 0 aliphatic carbocycles. The first-order chi connectivity index (χ1) is 26.1. The van der Waals surface area contributed by atoms with Crippen LogP contribution >= 0.6 is 0 Å². The van der Waals surface area contributed by atoms with Crippen molar-refractivity contribution in [1.29, 1.82) is 0 Å². The van der Waals surface area contributed by atoms with Gasteiger partial charge < -0.3 is 62.2 Å². The molecular formula is C36H60N2O15. The molecule has 1 aliphatic rings. The van der Waals surface area contributed by atoms with Gasteiger partial charge >= 0.3 is 0 Å². The van der Waals surface area contributed by atoms with Gasteiger partial charge in [-0.1, -0.05) is 12.1 Å². The normalized spacial score (nSPS) is 12.6. The summed E-state index contributed by atoms with van der Waals surface area (Å²) in [5.74, 6) is -0.605. The fourth-order valence-corrected chi connectivity index (χ4v) is 4.41. The molecule has 3 amide bonds. The predicted octanol–water partition coefficient (Wildman–Crippen LogP) is 0.618. The van der Waals surface area contributed by atoms with E-state index in [0.717, 1.165) is 0 Å². The van der Waals surface area contributed by atoms with Crippen molar-refractivity contribution >= 4 is 17.7 Å². The van der Waals surface area contributed by atoms with Crippen LogP contribution in [0, 0.1) is 0 Å². The monoisotopic (exact) mass is 760 g/mol. The lowest BCUT2D eigenvalue weighted by molar-refractivity contribution is -0.121. The number of nitrogens with one attached hydrogen (secondary N) is 1. The molecule has 17 heteroatoms. The zero-order valence-electron chi connectivity index (χ0n) is 31.3. The van der Waals surface area contributed by atoms with Gasteiger partial charge in [0.25, 0.3) is 11.8 Å². The smallest absolute Gasteiger partial charge is 0.261 e. The predicted molar refractivity (Wildman–Crippen MR) is 190 cm³/mol. The molecule has 1 aliphatic heterocycles. The van der Waals surface area contributed by atoms with Crippen LogP contribution in [0.1, 0.15) is 27.1 Å². The van der Waals surface area contributed by atoms with Crippen LogP contribution in [0.5, 0.6) is 0 Å². The van der Waals surface area contributed by atoms with E-state index in [0.29, 0.717) is 170 Å². The van der Waals surface area contributed by atoms with Crippen molar-refractivity contribution in [3.63, 3.8) is 0 Å². The van der Waals surface area contributed by atoms with Gasteiger partial charge in [-0.3, -0.25) is 19.3 Å². The number of carbonyl (C=O) groups is 3. The number of carbonyl (C=O) groups excluding carboxylic acids is 3. The van der Waals surface area contributed by atoms with Crippen LogP contribution in [-0.2, 0) is 61.6 Å². The van der Waals surface area contributed by atoms with E-state index in [2.05, 4.69) is 5.32 Å². The van der Waals surface area contributed by atoms with Gasteiger partial charge in [-0.2, -0.15) is 0 Å². The minimum Gasteiger partial charge on any atom is -0.379 e. The third-order valence-electron chi connectivity index (χ3n) is 7.18. The van der Waals surface area contributed by atoms with E-state index in [-0.39, 0.29) is 30.9 Å². The van der Waals surface area contributed by atoms with Crippen LogP contribution in [0.15, 0.2) is 24.3 Å². The van der Waals surface area contributed by atoms with Crippen LogP contribution in [-0.4, -0.2) is 195 Å². The summed E-state index contributed by atoms with van der Waals surface area (Å²) >= 11 is 0. The van der Waals surface area contributed by atoms with Gasteiger partial charge in [-0.15, -0.1) is 0 Å². The first-order valence-corrected chi connectivity index (χ1v) is 18.2. The number of fused-ring (bicyclic) bond motifs is 1. The molecule has 0 unspecified atom stereocenters. The summed E-state index contributed by atoms with van der Waals surface area (Å²) in [5, 5.41) is 2.54. The lowest BCUT2D eigenvalue weighted by Gasteiger charge is -2.13. The average Bonchev–Trinajstić information content (AvgIpc) is 3.42. The van der Waals surface area contributed by atoms with Gasteiger partial charge in [0.2, 0.25) is 5.91 Å². The molecule has 1 heterocycles. The summed E-state index contributed by atoms with van der Waals surface area (Å²) in [6, 6.07) is 6.81. The zero-order chi connectivity index (χ0) is 37.9. The van der Waals surface area contributed by atoms with Gasteiger partial charge in [-0.05, 0) is 12.1 Å². The first-order valence-electron chi connectivity index (χ1n) is 18.2. The lowest BCUT2D eigenvalue weighted by atomic mass is 10.1. The second-order valence-corrected chi connectivity index (χ2v) is 11.1. The fraction of sp³-hybridized carbons (Fsp3) is 0.750. The van der Waals surface area contributed by atoms with Gasteiger partial charge in [0.1, 0.15) is 0 Å². The second-order valence-electron chi connectivity index (χ2n) is 11.1. The number of hydrogen-bond acceptors (Lipinski definition) is 15. The van der Waals surface area contributed by atoms with Crippen molar-refractivity contribution in [3.05, 3.63) is 35.4 Å². The van der Waals surface area contributed by atoms with Crippen molar-refractivity contribution in [2.24, 2.45) is 0 Å². The molecule has 0 fully saturated rings. The Bertz CT molecular complexity index is 1030. The number of ether oxygens (including phenoxy) is 12.